The van der Waals surface area contributed by atoms with E-state index < -0.39 is 18.2 Å². The molecular formula is C33H46N4O6S. The normalized spacial score (nSPS) is 23.5. The molecule has 2 aromatic rings. The molecule has 2 aliphatic rings. The zero-order chi connectivity index (χ0) is 32.5. The molecule has 0 aromatic carbocycles. The molecule has 1 saturated heterocycles. The summed E-state index contributed by atoms with van der Waals surface area (Å²) in [5.41, 5.74) is 9.65. The largest absolute Gasteiger partial charge is 0.481 e. The van der Waals surface area contributed by atoms with E-state index in [4.69, 9.17) is 12.6 Å². The van der Waals surface area contributed by atoms with Gasteiger partial charge in [-0.3, -0.25) is 19.7 Å². The minimum Gasteiger partial charge on any atom is -0.481 e. The third-order valence-electron chi connectivity index (χ3n) is 9.57. The monoisotopic (exact) mass is 626 g/mol. The molecule has 44 heavy (non-hydrogen) atoms. The summed E-state index contributed by atoms with van der Waals surface area (Å²) in [5.74, 6) is -1.68. The molecular weight excluding hydrogens is 580 g/mol. The van der Waals surface area contributed by atoms with E-state index in [2.05, 4.69) is 20.6 Å². The van der Waals surface area contributed by atoms with Crippen LogP contribution in [0.5, 0.6) is 0 Å². The minimum atomic E-state index is -0.889. The van der Waals surface area contributed by atoms with Gasteiger partial charge in [0.25, 0.3) is 5.91 Å². The summed E-state index contributed by atoms with van der Waals surface area (Å²) in [7, 11) is 0. The molecule has 5 atom stereocenters. The third kappa shape index (κ3) is 7.00. The van der Waals surface area contributed by atoms with Gasteiger partial charge in [0, 0.05) is 76.9 Å². The smallest absolute Gasteiger partial charge is 0.303 e. The highest BCUT2D eigenvalue weighted by Gasteiger charge is 2.41. The first-order chi connectivity index (χ1) is 20.7. The van der Waals surface area contributed by atoms with Gasteiger partial charge < -0.3 is 30.6 Å². The predicted octanol–water partition coefficient (Wildman–Crippen LogP) is 4.19. The summed E-state index contributed by atoms with van der Waals surface area (Å²) in [4.78, 5) is 42.7. The van der Waals surface area contributed by atoms with E-state index in [9.17, 15) is 29.7 Å². The quantitative estimate of drug-likeness (QED) is 0.154. The van der Waals surface area contributed by atoms with Crippen LogP contribution in [0, 0.1) is 25.7 Å². The molecule has 0 aliphatic carbocycles. The molecule has 0 spiro atoms. The Labute approximate surface area is 264 Å². The first-order valence-corrected chi connectivity index (χ1v) is 15.9. The van der Waals surface area contributed by atoms with Crippen molar-refractivity contribution in [3.05, 3.63) is 61.9 Å². The Bertz CT molecular complexity index is 1500. The van der Waals surface area contributed by atoms with E-state index in [1.807, 2.05) is 47.6 Å². The summed E-state index contributed by atoms with van der Waals surface area (Å²) < 4.78 is 0. The highest BCUT2D eigenvalue weighted by Crippen LogP contribution is 2.35. The number of allylic oxidation sites excluding steroid dienone is 1. The van der Waals surface area contributed by atoms with Gasteiger partial charge in [-0.15, -0.1) is 0 Å². The number of carboxylic acids is 2. The summed E-state index contributed by atoms with van der Waals surface area (Å²) >= 11 is 4.71. The number of aliphatic hydroxyl groups is 1. The van der Waals surface area contributed by atoms with Gasteiger partial charge in [-0.05, 0) is 79.9 Å². The number of carbonyl (C=O) groups is 3. The van der Waals surface area contributed by atoms with Crippen LogP contribution in [-0.4, -0.2) is 60.7 Å². The lowest BCUT2D eigenvalue weighted by atomic mass is 9.86. The average Bonchev–Trinajstić information content (AvgIpc) is 3.59. The van der Waals surface area contributed by atoms with Crippen LogP contribution >= 0.6 is 12.6 Å². The van der Waals surface area contributed by atoms with Crippen molar-refractivity contribution in [2.45, 2.75) is 104 Å². The topological polar surface area (TPSA) is 168 Å². The number of amides is 1. The molecule has 0 saturated carbocycles. The molecule has 2 aliphatic heterocycles. The van der Waals surface area contributed by atoms with Crippen molar-refractivity contribution in [2.24, 2.45) is 11.8 Å². The second-order valence-electron chi connectivity index (χ2n) is 12.3. The zero-order valence-corrected chi connectivity index (χ0v) is 27.3. The Kier molecular flexibility index (Phi) is 10.5. The number of nitrogens with one attached hydrogen (secondary N) is 4. The second kappa shape index (κ2) is 13.8. The maximum absolute atomic E-state index is 12.4. The van der Waals surface area contributed by atoms with Crippen molar-refractivity contribution in [3.8, 4) is 0 Å². The number of aliphatic hydroxyl groups excluding tert-OH is 1. The van der Waals surface area contributed by atoms with E-state index >= 15 is 0 Å². The van der Waals surface area contributed by atoms with Gasteiger partial charge in [-0.1, -0.05) is 20.8 Å². The Morgan fingerprint density at radius 1 is 0.977 bits per heavy atom. The van der Waals surface area contributed by atoms with E-state index in [1.165, 1.54) is 0 Å². The molecule has 4 rings (SSSR count). The zero-order valence-electron chi connectivity index (χ0n) is 26.4. The second-order valence-corrected chi connectivity index (χ2v) is 13.2. The van der Waals surface area contributed by atoms with Crippen molar-refractivity contribution in [1.82, 2.24) is 20.6 Å². The highest BCUT2D eigenvalue weighted by atomic mass is 32.1. The molecule has 0 bridgehead atoms. The number of aliphatic carboxylic acids is 2. The average molecular weight is 627 g/mol. The highest BCUT2D eigenvalue weighted by molar-refractivity contribution is 7.80. The molecule has 0 radical (unpaired) electrons. The van der Waals surface area contributed by atoms with Crippen LogP contribution in [-0.2, 0) is 40.1 Å². The fraction of sp³-hybridized carbons (Fsp3) is 0.545. The Hall–Kier alpha value is -3.28. The van der Waals surface area contributed by atoms with Crippen LogP contribution in [0.2, 0.25) is 0 Å². The number of carbonyl (C=O) groups excluding carboxylic acids is 1. The lowest BCUT2D eigenvalue weighted by Crippen LogP contribution is -2.35. The van der Waals surface area contributed by atoms with Gasteiger partial charge in [0.2, 0.25) is 0 Å². The lowest BCUT2D eigenvalue weighted by Gasteiger charge is -2.25. The first-order valence-electron chi connectivity index (χ1n) is 15.4. The maximum atomic E-state index is 12.4. The molecule has 2 aromatic heterocycles. The number of thiol groups is 1. The van der Waals surface area contributed by atoms with Crippen LogP contribution in [0.25, 0.3) is 6.08 Å². The first kappa shape index (κ1) is 33.6. The minimum absolute atomic E-state index is 0.00645. The fourth-order valence-electron chi connectivity index (χ4n) is 7.04. The Morgan fingerprint density at radius 2 is 1.57 bits per heavy atom. The van der Waals surface area contributed by atoms with E-state index in [1.54, 1.807) is 0 Å². The summed E-state index contributed by atoms with van der Waals surface area (Å²) in [6.45, 7) is 11.9. The standard InChI is InChI=1S/C33H46N4O6S/c1-7-20-15(2)25(36-33(20)43)12-23-16(3)21(8-10-29(38)39)26(34-23)14-27-22(9-11-30(40)41)17(4)24(35-27)13-28-31(19(6)44)18(5)32(42)37-28/h12,18-19,28,31-32,34-35,37,42,44H,7-11,13-14H2,1-6H3,(H,36,43)(H,38,39)(H,40,41)/b25-12-/t18-,19-,28?,31+,32?/m1/s1. The lowest BCUT2D eigenvalue weighted by molar-refractivity contribution is -0.138. The van der Waals surface area contributed by atoms with Crippen LogP contribution in [0.15, 0.2) is 16.8 Å². The number of rotatable bonds is 13. The van der Waals surface area contributed by atoms with Crippen molar-refractivity contribution >= 4 is 36.6 Å². The van der Waals surface area contributed by atoms with E-state index in [0.717, 1.165) is 61.9 Å². The third-order valence-corrected chi connectivity index (χ3v) is 9.91. The van der Waals surface area contributed by atoms with Crippen molar-refractivity contribution < 1.29 is 29.7 Å². The maximum Gasteiger partial charge on any atom is 0.303 e. The molecule has 11 heteroatoms. The van der Waals surface area contributed by atoms with Gasteiger partial charge in [0.15, 0.2) is 0 Å². The molecule has 4 heterocycles. The SMILES string of the molecule is CCC1=C(C)/C(=C/c2[nH]c(Cc3[nH]c(CC4NC(O)[C@H](C)[C@H]4[C@@H](C)S)c(C)c3CCC(=O)O)c(CCC(=O)O)c2C)NC1=O. The van der Waals surface area contributed by atoms with Crippen molar-refractivity contribution in [1.29, 1.82) is 0 Å². The predicted molar refractivity (Wildman–Crippen MR) is 173 cm³/mol. The molecule has 7 N–H and O–H groups in total. The summed E-state index contributed by atoms with van der Waals surface area (Å²) in [6, 6.07) is -0.00645. The molecule has 1 fully saturated rings. The molecule has 2 unspecified atom stereocenters. The fourth-order valence-corrected chi connectivity index (χ4v) is 7.52. The number of aromatic nitrogens is 2. The van der Waals surface area contributed by atoms with Crippen molar-refractivity contribution in [3.63, 3.8) is 0 Å². The number of carboxylic acid groups (broad SMARTS) is 2. The van der Waals surface area contributed by atoms with Crippen LogP contribution in [0.3, 0.4) is 0 Å². The molecule has 240 valence electrons. The van der Waals surface area contributed by atoms with Gasteiger partial charge in [0.1, 0.15) is 6.23 Å². The number of hydrogen-bond donors (Lipinski definition) is 8. The number of hydrogen-bond acceptors (Lipinski definition) is 6. The van der Waals surface area contributed by atoms with Crippen LogP contribution in [0.1, 0.15) is 92.0 Å². The summed E-state index contributed by atoms with van der Waals surface area (Å²) in [5, 5.41) is 35.9. The molecule has 1 amide bonds. The Balaban J connectivity index is 1.74. The van der Waals surface area contributed by atoms with Gasteiger partial charge >= 0.3 is 11.9 Å². The van der Waals surface area contributed by atoms with Gasteiger partial charge in [-0.2, -0.15) is 12.6 Å². The van der Waals surface area contributed by atoms with Crippen molar-refractivity contribution in [2.75, 3.05) is 0 Å². The van der Waals surface area contributed by atoms with E-state index in [0.29, 0.717) is 32.1 Å². The van der Waals surface area contributed by atoms with Crippen LogP contribution < -0.4 is 10.6 Å². The van der Waals surface area contributed by atoms with E-state index in [-0.39, 0.29) is 41.9 Å². The summed E-state index contributed by atoms with van der Waals surface area (Å²) in [6.07, 6.45) is 3.61. The van der Waals surface area contributed by atoms with Crippen LogP contribution in [0.4, 0.5) is 0 Å². The van der Waals surface area contributed by atoms with Gasteiger partial charge in [-0.25, -0.2) is 0 Å². The number of aromatic amines is 2. The van der Waals surface area contributed by atoms with Gasteiger partial charge in [0.05, 0.1) is 0 Å². The molecule has 10 nitrogen and oxygen atoms in total. The number of H-pyrrole nitrogens is 2. The Morgan fingerprint density at radius 3 is 2.11 bits per heavy atom.